The van der Waals surface area contributed by atoms with Gasteiger partial charge in [-0.2, -0.15) is 0 Å². The first kappa shape index (κ1) is 9.65. The van der Waals surface area contributed by atoms with Crippen molar-refractivity contribution in [2.24, 2.45) is 5.92 Å². The maximum Gasteiger partial charge on any atom is 0.310 e. The highest BCUT2D eigenvalue weighted by molar-refractivity contribution is 7.11. The SMILES string of the molecule is CC1CCc2sc(CC(=O)O)nc2C1. The lowest BCUT2D eigenvalue weighted by molar-refractivity contribution is -0.136. The van der Waals surface area contributed by atoms with Crippen LogP contribution in [0.2, 0.25) is 0 Å². The molecular weight excluding hydrogens is 198 g/mol. The van der Waals surface area contributed by atoms with Crippen LogP contribution in [-0.4, -0.2) is 16.1 Å². The van der Waals surface area contributed by atoms with Gasteiger partial charge in [0.2, 0.25) is 0 Å². The fourth-order valence-electron chi connectivity index (χ4n) is 1.81. The van der Waals surface area contributed by atoms with Crippen molar-refractivity contribution in [2.45, 2.75) is 32.6 Å². The van der Waals surface area contributed by atoms with Gasteiger partial charge in [-0.05, 0) is 25.2 Å². The second-order valence-corrected chi connectivity index (χ2v) is 5.06. The molecule has 1 N–H and O–H groups in total. The van der Waals surface area contributed by atoms with Crippen LogP contribution in [0.3, 0.4) is 0 Å². The molecule has 1 atom stereocenters. The normalized spacial score (nSPS) is 20.5. The summed E-state index contributed by atoms with van der Waals surface area (Å²) in [5, 5.41) is 9.41. The van der Waals surface area contributed by atoms with Gasteiger partial charge in [0.05, 0.1) is 12.1 Å². The van der Waals surface area contributed by atoms with Crippen LogP contribution in [0.25, 0.3) is 0 Å². The van der Waals surface area contributed by atoms with Gasteiger partial charge in [-0.3, -0.25) is 4.79 Å². The lowest BCUT2D eigenvalue weighted by Gasteiger charge is -2.15. The molecule has 1 aromatic rings. The molecule has 0 saturated carbocycles. The summed E-state index contributed by atoms with van der Waals surface area (Å²) in [5.74, 6) is -0.0913. The van der Waals surface area contributed by atoms with Crippen molar-refractivity contribution in [1.82, 2.24) is 4.98 Å². The van der Waals surface area contributed by atoms with Crippen molar-refractivity contribution in [3.05, 3.63) is 15.6 Å². The molecule has 0 saturated heterocycles. The van der Waals surface area contributed by atoms with Crippen LogP contribution in [0.5, 0.6) is 0 Å². The van der Waals surface area contributed by atoms with Gasteiger partial charge in [-0.25, -0.2) is 4.98 Å². The number of rotatable bonds is 2. The Morgan fingerprint density at radius 3 is 3.21 bits per heavy atom. The van der Waals surface area contributed by atoms with Gasteiger partial charge < -0.3 is 5.11 Å². The molecule has 76 valence electrons. The van der Waals surface area contributed by atoms with E-state index in [0.29, 0.717) is 5.92 Å². The monoisotopic (exact) mass is 211 g/mol. The maximum atomic E-state index is 10.5. The third kappa shape index (κ3) is 1.95. The number of hydrogen-bond donors (Lipinski definition) is 1. The van der Waals surface area contributed by atoms with Crippen molar-refractivity contribution in [2.75, 3.05) is 0 Å². The smallest absolute Gasteiger partial charge is 0.310 e. The summed E-state index contributed by atoms with van der Waals surface area (Å²) in [4.78, 5) is 16.2. The zero-order chi connectivity index (χ0) is 10.1. The highest BCUT2D eigenvalue weighted by atomic mass is 32.1. The molecule has 0 spiro atoms. The van der Waals surface area contributed by atoms with Crippen LogP contribution in [0.1, 0.15) is 28.9 Å². The number of carboxylic acids is 1. The topological polar surface area (TPSA) is 50.2 Å². The zero-order valence-electron chi connectivity index (χ0n) is 8.12. The molecule has 2 rings (SSSR count). The van der Waals surface area contributed by atoms with Gasteiger partial charge in [-0.15, -0.1) is 11.3 Å². The van der Waals surface area contributed by atoms with E-state index in [-0.39, 0.29) is 6.42 Å². The first-order valence-corrected chi connectivity index (χ1v) is 5.66. The second-order valence-electron chi connectivity index (χ2n) is 3.90. The van der Waals surface area contributed by atoms with Gasteiger partial charge >= 0.3 is 5.97 Å². The van der Waals surface area contributed by atoms with E-state index >= 15 is 0 Å². The van der Waals surface area contributed by atoms with E-state index in [9.17, 15) is 4.79 Å². The molecule has 14 heavy (non-hydrogen) atoms. The predicted molar refractivity (Wildman–Crippen MR) is 54.6 cm³/mol. The van der Waals surface area contributed by atoms with Crippen LogP contribution in [0.4, 0.5) is 0 Å². The Morgan fingerprint density at radius 2 is 2.50 bits per heavy atom. The summed E-state index contributed by atoms with van der Waals surface area (Å²) in [6.45, 7) is 2.22. The average molecular weight is 211 g/mol. The molecule has 0 aliphatic heterocycles. The Kier molecular flexibility index (Phi) is 2.54. The zero-order valence-corrected chi connectivity index (χ0v) is 8.93. The largest absolute Gasteiger partial charge is 0.481 e. The summed E-state index contributed by atoms with van der Waals surface area (Å²) >= 11 is 1.57. The number of thiazole rings is 1. The van der Waals surface area contributed by atoms with Gasteiger partial charge in [0, 0.05) is 4.88 Å². The number of fused-ring (bicyclic) bond motifs is 1. The highest BCUT2D eigenvalue weighted by Gasteiger charge is 2.20. The Morgan fingerprint density at radius 1 is 1.71 bits per heavy atom. The summed E-state index contributed by atoms with van der Waals surface area (Å²) in [5.41, 5.74) is 1.14. The Bertz CT molecular complexity index is 359. The molecular formula is C10H13NO2S. The first-order chi connectivity index (χ1) is 6.65. The minimum Gasteiger partial charge on any atom is -0.481 e. The molecule has 1 aromatic heterocycles. The molecule has 1 unspecified atom stereocenters. The highest BCUT2D eigenvalue weighted by Crippen LogP contribution is 2.29. The molecule has 4 heteroatoms. The number of aromatic nitrogens is 1. The van der Waals surface area contributed by atoms with Crippen molar-refractivity contribution < 1.29 is 9.90 Å². The van der Waals surface area contributed by atoms with E-state index in [1.54, 1.807) is 11.3 Å². The van der Waals surface area contributed by atoms with E-state index in [1.807, 2.05) is 0 Å². The third-order valence-corrected chi connectivity index (χ3v) is 3.69. The minimum absolute atomic E-state index is 0.0754. The first-order valence-electron chi connectivity index (χ1n) is 4.84. The average Bonchev–Trinajstić information content (AvgIpc) is 2.44. The number of carboxylic acid groups (broad SMARTS) is 1. The fraction of sp³-hybridized carbons (Fsp3) is 0.600. The molecule has 0 radical (unpaired) electrons. The van der Waals surface area contributed by atoms with Crippen LogP contribution < -0.4 is 0 Å². The molecule has 1 aliphatic carbocycles. The minimum atomic E-state index is -0.788. The van der Waals surface area contributed by atoms with E-state index < -0.39 is 5.97 Å². The van der Waals surface area contributed by atoms with E-state index in [1.165, 1.54) is 11.3 Å². The number of nitrogens with zero attached hydrogens (tertiary/aromatic N) is 1. The lowest BCUT2D eigenvalue weighted by atomic mass is 9.93. The Balaban J connectivity index is 2.19. The van der Waals surface area contributed by atoms with Crippen molar-refractivity contribution in [1.29, 1.82) is 0 Å². The van der Waals surface area contributed by atoms with Gasteiger partial charge in [-0.1, -0.05) is 6.92 Å². The molecule has 0 bridgehead atoms. The van der Waals surface area contributed by atoms with E-state index in [2.05, 4.69) is 11.9 Å². The molecule has 0 fully saturated rings. The summed E-state index contributed by atoms with van der Waals surface area (Å²) in [7, 11) is 0. The Hall–Kier alpha value is -0.900. The predicted octanol–water partition coefficient (Wildman–Crippen LogP) is 1.90. The number of aliphatic carboxylic acids is 1. The fourth-order valence-corrected chi connectivity index (χ4v) is 2.91. The number of carbonyl (C=O) groups is 1. The molecule has 1 aliphatic rings. The van der Waals surface area contributed by atoms with Crippen LogP contribution in [0.15, 0.2) is 0 Å². The summed E-state index contributed by atoms with van der Waals surface area (Å²) in [6, 6.07) is 0. The van der Waals surface area contributed by atoms with E-state index in [0.717, 1.165) is 23.5 Å². The van der Waals surface area contributed by atoms with Gasteiger partial charge in [0.25, 0.3) is 0 Å². The molecule has 0 amide bonds. The number of aryl methyl sites for hydroxylation is 1. The van der Waals surface area contributed by atoms with Crippen molar-refractivity contribution >= 4 is 17.3 Å². The quantitative estimate of drug-likeness (QED) is 0.812. The second kappa shape index (κ2) is 3.69. The third-order valence-electron chi connectivity index (χ3n) is 2.53. The van der Waals surface area contributed by atoms with Gasteiger partial charge in [0.15, 0.2) is 0 Å². The molecule has 0 aromatic carbocycles. The van der Waals surface area contributed by atoms with Crippen LogP contribution in [0, 0.1) is 5.92 Å². The summed E-state index contributed by atoms with van der Waals surface area (Å²) in [6.07, 6.45) is 3.38. The Labute approximate surface area is 86.8 Å². The van der Waals surface area contributed by atoms with E-state index in [4.69, 9.17) is 5.11 Å². The molecule has 3 nitrogen and oxygen atoms in total. The van der Waals surface area contributed by atoms with Crippen molar-refractivity contribution in [3.63, 3.8) is 0 Å². The van der Waals surface area contributed by atoms with Crippen molar-refractivity contribution in [3.8, 4) is 0 Å². The molecule has 1 heterocycles. The number of hydrogen-bond acceptors (Lipinski definition) is 3. The maximum absolute atomic E-state index is 10.5. The van der Waals surface area contributed by atoms with Gasteiger partial charge in [0.1, 0.15) is 5.01 Å². The summed E-state index contributed by atoms with van der Waals surface area (Å²) < 4.78 is 0. The van der Waals surface area contributed by atoms with Crippen LogP contribution in [-0.2, 0) is 24.1 Å². The van der Waals surface area contributed by atoms with Crippen LogP contribution >= 0.6 is 11.3 Å². The lowest BCUT2D eigenvalue weighted by Crippen LogP contribution is -2.09. The standard InChI is InChI=1S/C10H13NO2S/c1-6-2-3-8-7(4-6)11-9(14-8)5-10(12)13/h6H,2-5H2,1H3,(H,12,13).